The number of phenols is 1. The zero-order valence-corrected chi connectivity index (χ0v) is 8.44. The minimum Gasteiger partial charge on any atom is -0.508 e. The van der Waals surface area contributed by atoms with Crippen molar-refractivity contribution in [1.29, 1.82) is 0 Å². The molecule has 14 heavy (non-hydrogen) atoms. The van der Waals surface area contributed by atoms with Crippen LogP contribution in [0.15, 0.2) is 18.2 Å². The number of benzene rings is 1. The molecule has 0 bridgehead atoms. The Morgan fingerprint density at radius 3 is 2.57 bits per heavy atom. The summed E-state index contributed by atoms with van der Waals surface area (Å²) < 4.78 is 0. The van der Waals surface area contributed by atoms with Crippen LogP contribution in [0.1, 0.15) is 11.7 Å². The normalized spacial score (nSPS) is 12.6. The first-order valence-corrected chi connectivity index (χ1v) is 4.44. The molecule has 1 rings (SSSR count). The number of hydrogen-bond donors (Lipinski definition) is 3. The largest absolute Gasteiger partial charge is 0.508 e. The summed E-state index contributed by atoms with van der Waals surface area (Å²) in [6, 6.07) is 5.07. The lowest BCUT2D eigenvalue weighted by molar-refractivity contribution is 0.182. The van der Waals surface area contributed by atoms with Crippen molar-refractivity contribution in [3.63, 3.8) is 0 Å². The van der Waals surface area contributed by atoms with Crippen LogP contribution in [-0.2, 0) is 0 Å². The van der Waals surface area contributed by atoms with E-state index in [0.717, 1.165) is 5.69 Å². The van der Waals surface area contributed by atoms with E-state index in [9.17, 15) is 10.2 Å². The second-order valence-corrected chi connectivity index (χ2v) is 3.39. The van der Waals surface area contributed by atoms with Crippen molar-refractivity contribution in [3.05, 3.63) is 23.8 Å². The van der Waals surface area contributed by atoms with Gasteiger partial charge in [0, 0.05) is 31.9 Å². The van der Waals surface area contributed by atoms with Gasteiger partial charge in [0.15, 0.2) is 0 Å². The Kier molecular flexibility index (Phi) is 3.33. The van der Waals surface area contributed by atoms with E-state index in [4.69, 9.17) is 5.73 Å². The number of aliphatic hydroxyl groups excluding tert-OH is 1. The quantitative estimate of drug-likeness (QED) is 0.656. The van der Waals surface area contributed by atoms with Gasteiger partial charge in [0.05, 0.1) is 6.10 Å². The van der Waals surface area contributed by atoms with Crippen LogP contribution in [0.4, 0.5) is 5.69 Å². The van der Waals surface area contributed by atoms with Gasteiger partial charge in [-0.3, -0.25) is 0 Å². The van der Waals surface area contributed by atoms with E-state index >= 15 is 0 Å². The van der Waals surface area contributed by atoms with Gasteiger partial charge in [-0.15, -0.1) is 0 Å². The van der Waals surface area contributed by atoms with Gasteiger partial charge in [0.2, 0.25) is 0 Å². The third-order valence-corrected chi connectivity index (χ3v) is 2.11. The van der Waals surface area contributed by atoms with Crippen molar-refractivity contribution >= 4 is 5.69 Å². The molecule has 0 aliphatic carbocycles. The summed E-state index contributed by atoms with van der Waals surface area (Å²) in [5, 5.41) is 19.0. The summed E-state index contributed by atoms with van der Waals surface area (Å²) >= 11 is 0. The first kappa shape index (κ1) is 10.8. The van der Waals surface area contributed by atoms with E-state index in [1.807, 2.05) is 19.0 Å². The fraction of sp³-hybridized carbons (Fsp3) is 0.400. The molecule has 0 aromatic heterocycles. The van der Waals surface area contributed by atoms with Crippen LogP contribution in [0.25, 0.3) is 0 Å². The van der Waals surface area contributed by atoms with Crippen molar-refractivity contribution in [1.82, 2.24) is 0 Å². The highest BCUT2D eigenvalue weighted by Gasteiger charge is 2.11. The summed E-state index contributed by atoms with van der Waals surface area (Å²) in [5.74, 6) is 0.0774. The SMILES string of the molecule is CN(C)c1ccc(O)c(C(O)CN)c1. The average Bonchev–Trinajstić information content (AvgIpc) is 2.17. The predicted molar refractivity (Wildman–Crippen MR) is 56.4 cm³/mol. The second kappa shape index (κ2) is 4.30. The molecular weight excluding hydrogens is 180 g/mol. The van der Waals surface area contributed by atoms with Gasteiger partial charge in [-0.1, -0.05) is 0 Å². The van der Waals surface area contributed by atoms with Crippen LogP contribution in [0.5, 0.6) is 5.75 Å². The maximum Gasteiger partial charge on any atom is 0.121 e. The molecule has 1 aromatic rings. The van der Waals surface area contributed by atoms with E-state index in [-0.39, 0.29) is 12.3 Å². The fourth-order valence-corrected chi connectivity index (χ4v) is 1.21. The Morgan fingerprint density at radius 1 is 1.43 bits per heavy atom. The Morgan fingerprint density at radius 2 is 2.07 bits per heavy atom. The Bertz CT molecular complexity index is 313. The van der Waals surface area contributed by atoms with Gasteiger partial charge in [-0.05, 0) is 18.2 Å². The Labute approximate surface area is 83.6 Å². The third-order valence-electron chi connectivity index (χ3n) is 2.11. The van der Waals surface area contributed by atoms with E-state index in [0.29, 0.717) is 5.56 Å². The van der Waals surface area contributed by atoms with Gasteiger partial charge in [-0.2, -0.15) is 0 Å². The molecule has 1 atom stereocenters. The lowest BCUT2D eigenvalue weighted by Gasteiger charge is -2.16. The van der Waals surface area contributed by atoms with Crippen LogP contribution in [0, 0.1) is 0 Å². The second-order valence-electron chi connectivity index (χ2n) is 3.39. The molecule has 0 spiro atoms. The third kappa shape index (κ3) is 2.16. The van der Waals surface area contributed by atoms with Crippen LogP contribution in [-0.4, -0.2) is 30.9 Å². The first-order chi connectivity index (χ1) is 6.56. The lowest BCUT2D eigenvalue weighted by Crippen LogP contribution is -2.13. The summed E-state index contributed by atoms with van der Waals surface area (Å²) in [5.41, 5.74) is 6.72. The molecule has 0 aliphatic rings. The summed E-state index contributed by atoms with van der Waals surface area (Å²) in [6.07, 6.45) is -0.810. The lowest BCUT2D eigenvalue weighted by atomic mass is 10.1. The zero-order chi connectivity index (χ0) is 10.7. The van der Waals surface area contributed by atoms with Crippen molar-refractivity contribution in [2.45, 2.75) is 6.10 Å². The summed E-state index contributed by atoms with van der Waals surface area (Å²) in [4.78, 5) is 1.90. The number of hydrogen-bond acceptors (Lipinski definition) is 4. The number of aromatic hydroxyl groups is 1. The molecule has 4 nitrogen and oxygen atoms in total. The van der Waals surface area contributed by atoms with Crippen LogP contribution in [0.3, 0.4) is 0 Å². The number of aliphatic hydroxyl groups is 1. The van der Waals surface area contributed by atoms with Gasteiger partial charge in [0.25, 0.3) is 0 Å². The molecular formula is C10H16N2O2. The number of rotatable bonds is 3. The molecule has 0 aliphatic heterocycles. The van der Waals surface area contributed by atoms with Crippen molar-refractivity contribution in [2.24, 2.45) is 5.73 Å². The molecule has 4 N–H and O–H groups in total. The summed E-state index contributed by atoms with van der Waals surface area (Å²) in [6.45, 7) is 0.102. The molecule has 0 amide bonds. The Balaban J connectivity index is 3.08. The molecule has 0 saturated carbocycles. The van der Waals surface area contributed by atoms with Gasteiger partial charge < -0.3 is 20.8 Å². The predicted octanol–water partition coefficient (Wildman–Crippen LogP) is 0.450. The molecule has 0 fully saturated rings. The molecule has 0 saturated heterocycles. The zero-order valence-electron chi connectivity index (χ0n) is 8.44. The minimum atomic E-state index is -0.810. The van der Waals surface area contributed by atoms with Gasteiger partial charge in [0.1, 0.15) is 5.75 Å². The average molecular weight is 196 g/mol. The van der Waals surface area contributed by atoms with Crippen LogP contribution in [0.2, 0.25) is 0 Å². The highest BCUT2D eigenvalue weighted by atomic mass is 16.3. The van der Waals surface area contributed by atoms with E-state index in [2.05, 4.69) is 0 Å². The number of phenolic OH excluding ortho intramolecular Hbond substituents is 1. The molecule has 78 valence electrons. The van der Waals surface area contributed by atoms with Crippen LogP contribution >= 0.6 is 0 Å². The Hall–Kier alpha value is -1.26. The van der Waals surface area contributed by atoms with Crippen molar-refractivity contribution in [3.8, 4) is 5.75 Å². The van der Waals surface area contributed by atoms with E-state index in [1.165, 1.54) is 0 Å². The monoisotopic (exact) mass is 196 g/mol. The highest BCUT2D eigenvalue weighted by molar-refractivity contribution is 5.52. The van der Waals surface area contributed by atoms with Crippen molar-refractivity contribution in [2.75, 3.05) is 25.5 Å². The van der Waals surface area contributed by atoms with Gasteiger partial charge in [-0.25, -0.2) is 0 Å². The van der Waals surface area contributed by atoms with Gasteiger partial charge >= 0.3 is 0 Å². The minimum absolute atomic E-state index is 0.0774. The topological polar surface area (TPSA) is 69.7 Å². The molecule has 1 unspecified atom stereocenters. The summed E-state index contributed by atoms with van der Waals surface area (Å²) in [7, 11) is 3.79. The maximum absolute atomic E-state index is 9.51. The number of anilines is 1. The molecule has 0 radical (unpaired) electrons. The van der Waals surface area contributed by atoms with Crippen LogP contribution < -0.4 is 10.6 Å². The highest BCUT2D eigenvalue weighted by Crippen LogP contribution is 2.27. The number of nitrogens with two attached hydrogens (primary N) is 1. The maximum atomic E-state index is 9.51. The van der Waals surface area contributed by atoms with E-state index < -0.39 is 6.10 Å². The van der Waals surface area contributed by atoms with Crippen molar-refractivity contribution < 1.29 is 10.2 Å². The fourth-order valence-electron chi connectivity index (χ4n) is 1.21. The standard InChI is InChI=1S/C10H16N2O2/c1-12(2)7-3-4-9(13)8(5-7)10(14)6-11/h3-5,10,13-14H,6,11H2,1-2H3. The molecule has 1 aromatic carbocycles. The molecule has 4 heteroatoms. The smallest absolute Gasteiger partial charge is 0.121 e. The first-order valence-electron chi connectivity index (χ1n) is 4.44. The van der Waals surface area contributed by atoms with E-state index in [1.54, 1.807) is 18.2 Å². The molecule has 0 heterocycles. The number of nitrogens with zero attached hydrogens (tertiary/aromatic N) is 1.